The van der Waals surface area contributed by atoms with Crippen LogP contribution in [0.5, 0.6) is 0 Å². The molecule has 2 rings (SSSR count). The molecule has 0 fully saturated rings. The molecule has 1 aliphatic heterocycles. The van der Waals surface area contributed by atoms with E-state index in [1.54, 1.807) is 6.34 Å². The van der Waals surface area contributed by atoms with Crippen LogP contribution in [0.3, 0.4) is 0 Å². The maximum atomic E-state index is 6.01. The van der Waals surface area contributed by atoms with Crippen molar-refractivity contribution in [2.24, 2.45) is 10.8 Å². The normalized spacial score (nSPS) is 21.4. The van der Waals surface area contributed by atoms with E-state index in [9.17, 15) is 0 Å². The van der Waals surface area contributed by atoms with E-state index >= 15 is 0 Å². The summed E-state index contributed by atoms with van der Waals surface area (Å²) >= 11 is 0. The summed E-state index contributed by atoms with van der Waals surface area (Å²) in [6.07, 6.45) is 2.53. The van der Waals surface area contributed by atoms with Crippen LogP contribution in [-0.4, -0.2) is 18.5 Å². The maximum Gasteiger partial charge on any atom is 0.129 e. The van der Waals surface area contributed by atoms with Gasteiger partial charge in [0.1, 0.15) is 12.5 Å². The Morgan fingerprint density at radius 1 is 1.36 bits per heavy atom. The molecule has 4 heteroatoms. The molecule has 0 amide bonds. The molecular formula is C10H14N4. The minimum absolute atomic E-state index is 0.0277. The zero-order chi connectivity index (χ0) is 9.80. The molecule has 14 heavy (non-hydrogen) atoms. The van der Waals surface area contributed by atoms with Gasteiger partial charge in [0.05, 0.1) is 0 Å². The third kappa shape index (κ3) is 2.03. The summed E-state index contributed by atoms with van der Waals surface area (Å²) in [5, 5.41) is 6.91. The Bertz CT molecular complexity index is 301. The molecule has 4 N–H and O–H groups in total. The van der Waals surface area contributed by atoms with Gasteiger partial charge >= 0.3 is 0 Å². The first-order valence-corrected chi connectivity index (χ1v) is 4.69. The van der Waals surface area contributed by atoms with Crippen molar-refractivity contribution >= 4 is 6.34 Å². The molecule has 0 radical (unpaired) electrons. The van der Waals surface area contributed by atoms with Crippen molar-refractivity contribution in [3.8, 4) is 0 Å². The molecular weight excluding hydrogens is 176 g/mol. The van der Waals surface area contributed by atoms with Crippen molar-refractivity contribution in [1.29, 1.82) is 0 Å². The summed E-state index contributed by atoms with van der Waals surface area (Å²) < 4.78 is 0. The Balaban J connectivity index is 1.91. The van der Waals surface area contributed by atoms with Gasteiger partial charge in [0.15, 0.2) is 0 Å². The van der Waals surface area contributed by atoms with Crippen molar-refractivity contribution in [1.82, 2.24) is 10.7 Å². The summed E-state index contributed by atoms with van der Waals surface area (Å²) in [4.78, 5) is 0. The van der Waals surface area contributed by atoms with Gasteiger partial charge < -0.3 is 11.1 Å². The van der Waals surface area contributed by atoms with E-state index in [1.807, 2.05) is 18.2 Å². The summed E-state index contributed by atoms with van der Waals surface area (Å²) in [6.45, 7) is 0. The standard InChI is InChI=1S/C10H14N4/c11-9(10-12-7-13-14-10)6-8-4-2-1-3-5-8/h1-5,7,9-10,14H,6,11H2,(H,12,13)/t9-,10?/m0/s1. The maximum absolute atomic E-state index is 6.01. The van der Waals surface area contributed by atoms with Crippen LogP contribution in [0.1, 0.15) is 5.56 Å². The minimum Gasteiger partial charge on any atom is -0.352 e. The fourth-order valence-corrected chi connectivity index (χ4v) is 1.50. The van der Waals surface area contributed by atoms with E-state index in [2.05, 4.69) is 28.0 Å². The zero-order valence-corrected chi connectivity index (χ0v) is 7.85. The van der Waals surface area contributed by atoms with E-state index in [4.69, 9.17) is 5.73 Å². The van der Waals surface area contributed by atoms with Gasteiger partial charge in [-0.1, -0.05) is 30.3 Å². The van der Waals surface area contributed by atoms with Gasteiger partial charge in [-0.2, -0.15) is 5.10 Å². The van der Waals surface area contributed by atoms with E-state index in [0.29, 0.717) is 0 Å². The van der Waals surface area contributed by atoms with Crippen molar-refractivity contribution in [3.05, 3.63) is 35.9 Å². The van der Waals surface area contributed by atoms with Gasteiger partial charge in [-0.15, -0.1) is 0 Å². The molecule has 1 aromatic rings. The van der Waals surface area contributed by atoms with Crippen LogP contribution in [0.4, 0.5) is 0 Å². The Morgan fingerprint density at radius 2 is 2.14 bits per heavy atom. The largest absolute Gasteiger partial charge is 0.352 e. The third-order valence-corrected chi connectivity index (χ3v) is 2.27. The van der Waals surface area contributed by atoms with Crippen molar-refractivity contribution in [2.75, 3.05) is 0 Å². The number of nitrogens with two attached hydrogens (primary N) is 1. The van der Waals surface area contributed by atoms with Crippen LogP contribution in [0.15, 0.2) is 35.4 Å². The molecule has 0 spiro atoms. The van der Waals surface area contributed by atoms with Gasteiger partial charge in [-0.05, 0) is 12.0 Å². The number of benzene rings is 1. The lowest BCUT2D eigenvalue weighted by Crippen LogP contribution is -2.49. The van der Waals surface area contributed by atoms with Crippen LogP contribution >= 0.6 is 0 Å². The van der Waals surface area contributed by atoms with E-state index < -0.39 is 0 Å². The molecule has 0 saturated heterocycles. The monoisotopic (exact) mass is 190 g/mol. The van der Waals surface area contributed by atoms with Crippen LogP contribution in [-0.2, 0) is 6.42 Å². The molecule has 0 saturated carbocycles. The van der Waals surface area contributed by atoms with E-state index in [-0.39, 0.29) is 12.2 Å². The highest BCUT2D eigenvalue weighted by atomic mass is 15.4. The highest BCUT2D eigenvalue weighted by Gasteiger charge is 2.18. The first-order chi connectivity index (χ1) is 6.86. The van der Waals surface area contributed by atoms with Gasteiger partial charge in [-0.3, -0.25) is 5.43 Å². The summed E-state index contributed by atoms with van der Waals surface area (Å²) in [7, 11) is 0. The van der Waals surface area contributed by atoms with Crippen LogP contribution < -0.4 is 16.5 Å². The molecule has 1 heterocycles. The number of hydrazone groups is 1. The van der Waals surface area contributed by atoms with Crippen molar-refractivity contribution in [2.45, 2.75) is 18.6 Å². The lowest BCUT2D eigenvalue weighted by molar-refractivity contribution is 0.441. The summed E-state index contributed by atoms with van der Waals surface area (Å²) in [6, 6.07) is 10.2. The first kappa shape index (κ1) is 9.02. The molecule has 74 valence electrons. The fourth-order valence-electron chi connectivity index (χ4n) is 1.50. The lowest BCUT2D eigenvalue weighted by Gasteiger charge is -2.19. The van der Waals surface area contributed by atoms with E-state index in [0.717, 1.165) is 6.42 Å². The van der Waals surface area contributed by atoms with Gasteiger partial charge in [-0.25, -0.2) is 0 Å². The van der Waals surface area contributed by atoms with Crippen molar-refractivity contribution < 1.29 is 0 Å². The average molecular weight is 190 g/mol. The number of hydrogen-bond acceptors (Lipinski definition) is 4. The van der Waals surface area contributed by atoms with Gasteiger partial charge in [0.25, 0.3) is 0 Å². The molecule has 4 nitrogen and oxygen atoms in total. The molecule has 1 unspecified atom stereocenters. The van der Waals surface area contributed by atoms with Crippen LogP contribution in [0.2, 0.25) is 0 Å². The smallest absolute Gasteiger partial charge is 0.129 e. The quantitative estimate of drug-likeness (QED) is 0.629. The van der Waals surface area contributed by atoms with Crippen molar-refractivity contribution in [3.63, 3.8) is 0 Å². The average Bonchev–Trinajstić information content (AvgIpc) is 2.72. The SMILES string of the molecule is N[C@@H](Cc1ccccc1)C1NC=NN1. The Morgan fingerprint density at radius 3 is 2.79 bits per heavy atom. The van der Waals surface area contributed by atoms with Gasteiger partial charge in [0.2, 0.25) is 0 Å². The Kier molecular flexibility index (Phi) is 2.65. The Labute approximate surface area is 83.2 Å². The highest BCUT2D eigenvalue weighted by molar-refractivity contribution is 5.56. The summed E-state index contributed by atoms with van der Waals surface area (Å²) in [5.74, 6) is 0. The summed E-state index contributed by atoms with van der Waals surface area (Å²) in [5.41, 5.74) is 10.2. The van der Waals surface area contributed by atoms with Crippen LogP contribution in [0.25, 0.3) is 0 Å². The second-order valence-electron chi connectivity index (χ2n) is 3.39. The fraction of sp³-hybridized carbons (Fsp3) is 0.300. The highest BCUT2D eigenvalue weighted by Crippen LogP contribution is 2.04. The number of rotatable bonds is 3. The first-order valence-electron chi connectivity index (χ1n) is 4.69. The third-order valence-electron chi connectivity index (χ3n) is 2.27. The van der Waals surface area contributed by atoms with Gasteiger partial charge in [0, 0.05) is 6.04 Å². The lowest BCUT2D eigenvalue weighted by atomic mass is 10.1. The van der Waals surface area contributed by atoms with Crippen LogP contribution in [0, 0.1) is 0 Å². The molecule has 0 aromatic heterocycles. The number of nitrogens with one attached hydrogen (secondary N) is 2. The topological polar surface area (TPSA) is 62.4 Å². The predicted octanol–water partition coefficient (Wildman–Crippen LogP) is 0.0186. The molecule has 2 atom stereocenters. The molecule has 1 aliphatic rings. The number of hydrogen-bond donors (Lipinski definition) is 3. The minimum atomic E-state index is 0.0277. The molecule has 0 bridgehead atoms. The second kappa shape index (κ2) is 4.11. The predicted molar refractivity (Wildman–Crippen MR) is 56.7 cm³/mol. The zero-order valence-electron chi connectivity index (χ0n) is 7.85. The van der Waals surface area contributed by atoms with E-state index in [1.165, 1.54) is 5.56 Å². The molecule has 1 aromatic carbocycles. The number of nitrogens with zero attached hydrogens (tertiary/aromatic N) is 1. The second-order valence-corrected chi connectivity index (χ2v) is 3.39. The molecule has 0 aliphatic carbocycles. The Hall–Kier alpha value is -1.55.